The van der Waals surface area contributed by atoms with Crippen LogP contribution in [0.3, 0.4) is 0 Å². The molecule has 1 rings (SSSR count). The van der Waals surface area contributed by atoms with Gasteiger partial charge in [0.25, 0.3) is 0 Å². The highest BCUT2D eigenvalue weighted by atomic mass is 32.1. The zero-order chi connectivity index (χ0) is 7.40. The average molecular weight is 156 g/mol. The molecule has 1 heterocycles. The summed E-state index contributed by atoms with van der Waals surface area (Å²) in [4.78, 5) is 5.16. The number of aromatic nitrogens is 1. The molecule has 2 N–H and O–H groups in total. The van der Waals surface area contributed by atoms with Gasteiger partial charge in [-0.1, -0.05) is 13.3 Å². The molecule has 0 saturated heterocycles. The van der Waals surface area contributed by atoms with E-state index in [4.69, 9.17) is 5.73 Å². The van der Waals surface area contributed by atoms with Gasteiger partial charge in [-0.15, -0.1) is 11.3 Å². The highest BCUT2D eigenvalue weighted by molar-refractivity contribution is 7.09. The molecule has 3 heteroatoms. The van der Waals surface area contributed by atoms with Crippen LogP contribution in [0.15, 0.2) is 11.7 Å². The summed E-state index contributed by atoms with van der Waals surface area (Å²) >= 11 is 1.63. The van der Waals surface area contributed by atoms with Gasteiger partial charge < -0.3 is 5.73 Å². The van der Waals surface area contributed by atoms with E-state index in [-0.39, 0.29) is 6.04 Å². The second-order valence-corrected chi connectivity index (χ2v) is 3.22. The summed E-state index contributed by atoms with van der Waals surface area (Å²) < 4.78 is 0. The maximum atomic E-state index is 5.82. The normalized spacial score (nSPS) is 13.4. The summed E-state index contributed by atoms with van der Waals surface area (Å²) in [6.45, 7) is 2.14. The van der Waals surface area contributed by atoms with E-state index in [0.29, 0.717) is 0 Å². The molecule has 0 aliphatic carbocycles. The largest absolute Gasteiger partial charge is 0.323 e. The van der Waals surface area contributed by atoms with E-state index in [2.05, 4.69) is 11.9 Å². The molecule has 0 bridgehead atoms. The van der Waals surface area contributed by atoms with E-state index in [1.807, 2.05) is 11.7 Å². The molecule has 1 atom stereocenters. The summed E-state index contributed by atoms with van der Waals surface area (Å²) in [5, 5.41) is 0. The van der Waals surface area contributed by atoms with E-state index in [9.17, 15) is 0 Å². The molecule has 0 unspecified atom stereocenters. The van der Waals surface area contributed by atoms with Crippen LogP contribution in [0.1, 0.15) is 30.7 Å². The Labute approximate surface area is 65.1 Å². The van der Waals surface area contributed by atoms with Crippen molar-refractivity contribution in [1.82, 2.24) is 4.98 Å². The first-order valence-corrected chi connectivity index (χ1v) is 4.36. The third-order valence-corrected chi connectivity index (χ3v) is 2.32. The van der Waals surface area contributed by atoms with Crippen molar-refractivity contribution in [2.24, 2.45) is 5.73 Å². The third kappa shape index (κ3) is 1.78. The molecule has 0 amide bonds. The zero-order valence-electron chi connectivity index (χ0n) is 6.08. The van der Waals surface area contributed by atoms with Crippen LogP contribution in [0.5, 0.6) is 0 Å². The first-order chi connectivity index (χ1) is 4.84. The maximum absolute atomic E-state index is 5.82. The highest BCUT2D eigenvalue weighted by Gasteiger charge is 2.04. The molecule has 1 aromatic heterocycles. The van der Waals surface area contributed by atoms with Crippen LogP contribution >= 0.6 is 11.3 Å². The van der Waals surface area contributed by atoms with Crippen molar-refractivity contribution in [2.45, 2.75) is 25.8 Å². The Kier molecular flexibility index (Phi) is 2.83. The molecular weight excluding hydrogens is 144 g/mol. The van der Waals surface area contributed by atoms with Crippen LogP contribution in [-0.4, -0.2) is 4.98 Å². The van der Waals surface area contributed by atoms with Crippen molar-refractivity contribution >= 4 is 11.3 Å². The van der Waals surface area contributed by atoms with E-state index < -0.39 is 0 Å². The van der Waals surface area contributed by atoms with Crippen LogP contribution in [0.4, 0.5) is 0 Å². The number of thiazole rings is 1. The zero-order valence-corrected chi connectivity index (χ0v) is 6.90. The van der Waals surface area contributed by atoms with Crippen molar-refractivity contribution in [1.29, 1.82) is 0 Å². The summed E-state index contributed by atoms with van der Waals surface area (Å²) in [7, 11) is 0. The first-order valence-electron chi connectivity index (χ1n) is 3.48. The quantitative estimate of drug-likeness (QED) is 0.726. The summed E-state index contributed by atoms with van der Waals surface area (Å²) in [6.07, 6.45) is 4.05. The van der Waals surface area contributed by atoms with Gasteiger partial charge in [0.2, 0.25) is 0 Å². The SMILES string of the molecule is CCC[C@H](N)c1cncs1. The van der Waals surface area contributed by atoms with E-state index in [1.165, 1.54) is 4.88 Å². The monoisotopic (exact) mass is 156 g/mol. The number of rotatable bonds is 3. The van der Waals surface area contributed by atoms with E-state index in [1.54, 1.807) is 11.3 Å². The maximum Gasteiger partial charge on any atom is 0.0794 e. The number of nitrogens with two attached hydrogens (primary N) is 1. The molecule has 2 nitrogen and oxygen atoms in total. The van der Waals surface area contributed by atoms with Gasteiger partial charge >= 0.3 is 0 Å². The fourth-order valence-electron chi connectivity index (χ4n) is 0.862. The number of hydrogen-bond donors (Lipinski definition) is 1. The van der Waals surface area contributed by atoms with Crippen molar-refractivity contribution in [3.8, 4) is 0 Å². The molecule has 0 aliphatic rings. The average Bonchev–Trinajstić information content (AvgIpc) is 2.38. The fourth-order valence-corrected chi connectivity index (χ4v) is 1.52. The van der Waals surface area contributed by atoms with Gasteiger partial charge in [0, 0.05) is 17.1 Å². The Bertz CT molecular complexity index is 172. The second kappa shape index (κ2) is 3.68. The van der Waals surface area contributed by atoms with E-state index in [0.717, 1.165) is 12.8 Å². The Hall–Kier alpha value is -0.410. The van der Waals surface area contributed by atoms with Gasteiger partial charge in [-0.2, -0.15) is 0 Å². The lowest BCUT2D eigenvalue weighted by molar-refractivity contribution is 0.647. The first kappa shape index (κ1) is 7.69. The fraction of sp³-hybridized carbons (Fsp3) is 0.571. The van der Waals surface area contributed by atoms with Crippen LogP contribution < -0.4 is 5.73 Å². The van der Waals surface area contributed by atoms with E-state index >= 15 is 0 Å². The second-order valence-electron chi connectivity index (χ2n) is 2.30. The minimum Gasteiger partial charge on any atom is -0.323 e. The Morgan fingerprint density at radius 3 is 3.10 bits per heavy atom. The van der Waals surface area contributed by atoms with Gasteiger partial charge in [0.1, 0.15) is 0 Å². The topological polar surface area (TPSA) is 38.9 Å². The van der Waals surface area contributed by atoms with Crippen LogP contribution in [0.25, 0.3) is 0 Å². The standard InChI is InChI=1S/C7H12N2S/c1-2-3-6(8)7-4-9-5-10-7/h4-6H,2-3,8H2,1H3/t6-/m0/s1. The minimum absolute atomic E-state index is 0.206. The lowest BCUT2D eigenvalue weighted by Gasteiger charge is -2.04. The lowest BCUT2D eigenvalue weighted by Crippen LogP contribution is -2.07. The van der Waals surface area contributed by atoms with Gasteiger partial charge in [-0.25, -0.2) is 0 Å². The molecule has 1 aromatic rings. The molecule has 0 fully saturated rings. The highest BCUT2D eigenvalue weighted by Crippen LogP contribution is 2.18. The number of nitrogens with zero attached hydrogens (tertiary/aromatic N) is 1. The predicted octanol–water partition coefficient (Wildman–Crippen LogP) is 1.94. The molecule has 0 saturated carbocycles. The lowest BCUT2D eigenvalue weighted by atomic mass is 10.2. The van der Waals surface area contributed by atoms with Gasteiger partial charge in [-0.05, 0) is 6.42 Å². The minimum atomic E-state index is 0.206. The van der Waals surface area contributed by atoms with Crippen LogP contribution in [0, 0.1) is 0 Å². The van der Waals surface area contributed by atoms with Crippen LogP contribution in [0.2, 0.25) is 0 Å². The predicted molar refractivity (Wildman–Crippen MR) is 44.0 cm³/mol. The van der Waals surface area contributed by atoms with Gasteiger partial charge in [0.15, 0.2) is 0 Å². The van der Waals surface area contributed by atoms with Crippen molar-refractivity contribution < 1.29 is 0 Å². The number of hydrogen-bond acceptors (Lipinski definition) is 3. The summed E-state index contributed by atoms with van der Waals surface area (Å²) in [6, 6.07) is 0.206. The molecule has 56 valence electrons. The summed E-state index contributed by atoms with van der Waals surface area (Å²) in [5.74, 6) is 0. The Balaban J connectivity index is 2.50. The van der Waals surface area contributed by atoms with Crippen molar-refractivity contribution in [3.63, 3.8) is 0 Å². The van der Waals surface area contributed by atoms with Crippen LogP contribution in [-0.2, 0) is 0 Å². The Morgan fingerprint density at radius 1 is 1.80 bits per heavy atom. The van der Waals surface area contributed by atoms with Gasteiger partial charge in [0.05, 0.1) is 5.51 Å². The molecule has 10 heavy (non-hydrogen) atoms. The smallest absolute Gasteiger partial charge is 0.0794 e. The van der Waals surface area contributed by atoms with Gasteiger partial charge in [-0.3, -0.25) is 4.98 Å². The Morgan fingerprint density at radius 2 is 2.60 bits per heavy atom. The molecule has 0 radical (unpaired) electrons. The van der Waals surface area contributed by atoms with Crippen molar-refractivity contribution in [2.75, 3.05) is 0 Å². The summed E-state index contributed by atoms with van der Waals surface area (Å²) in [5.41, 5.74) is 7.64. The van der Waals surface area contributed by atoms with Crippen molar-refractivity contribution in [3.05, 3.63) is 16.6 Å². The molecule has 0 aliphatic heterocycles. The molecule has 0 aromatic carbocycles. The molecular formula is C7H12N2S. The molecule has 0 spiro atoms. The third-order valence-electron chi connectivity index (χ3n) is 1.42.